The molecule has 0 aliphatic carbocycles. The van der Waals surface area contributed by atoms with Crippen LogP contribution in [-0.2, 0) is 12.0 Å². The minimum Gasteiger partial charge on any atom is -0.312 e. The molecule has 1 saturated heterocycles. The van der Waals surface area contributed by atoms with Gasteiger partial charge in [-0.3, -0.25) is 5.10 Å². The number of hydrogen-bond acceptors (Lipinski definition) is 3. The van der Waals surface area contributed by atoms with E-state index in [1.807, 2.05) is 6.20 Å². The number of fused-ring (bicyclic) bond motifs is 2. The van der Waals surface area contributed by atoms with Gasteiger partial charge in [-0.1, -0.05) is 0 Å². The molecule has 2 aliphatic heterocycles. The first-order chi connectivity index (χ1) is 6.30. The Balaban J connectivity index is 2.01. The van der Waals surface area contributed by atoms with Crippen molar-refractivity contribution in [3.8, 4) is 0 Å². The topological polar surface area (TPSA) is 44.0 Å². The van der Waals surface area contributed by atoms with Gasteiger partial charge in [-0.25, -0.2) is 0 Å². The van der Waals surface area contributed by atoms with Gasteiger partial charge in [-0.15, -0.1) is 0 Å². The molecule has 13 heavy (non-hydrogen) atoms. The summed E-state index contributed by atoms with van der Waals surface area (Å²) in [5, 5.41) is 10.7. The summed E-state index contributed by atoms with van der Waals surface area (Å²) in [6.07, 6.45) is 1.95. The fourth-order valence-electron chi connectivity index (χ4n) is 2.69. The second-order valence-electron chi connectivity index (χ2n) is 4.33. The SMILES string of the molecule is CN1CC2(CNCc3cn[nH]c32)C1. The van der Waals surface area contributed by atoms with E-state index in [4.69, 9.17) is 0 Å². The lowest BCUT2D eigenvalue weighted by Gasteiger charge is -2.50. The van der Waals surface area contributed by atoms with Crippen molar-refractivity contribution in [1.82, 2.24) is 20.4 Å². The summed E-state index contributed by atoms with van der Waals surface area (Å²) >= 11 is 0. The van der Waals surface area contributed by atoms with Gasteiger partial charge in [-0.2, -0.15) is 5.10 Å². The van der Waals surface area contributed by atoms with E-state index in [1.165, 1.54) is 11.3 Å². The molecule has 2 aliphatic rings. The van der Waals surface area contributed by atoms with Gasteiger partial charge in [0.15, 0.2) is 0 Å². The number of nitrogens with zero attached hydrogens (tertiary/aromatic N) is 2. The molecule has 0 amide bonds. The molecule has 3 heterocycles. The fraction of sp³-hybridized carbons (Fsp3) is 0.667. The summed E-state index contributed by atoms with van der Waals surface area (Å²) in [5.74, 6) is 0. The van der Waals surface area contributed by atoms with Crippen LogP contribution in [0.3, 0.4) is 0 Å². The average molecular weight is 178 g/mol. The highest BCUT2D eigenvalue weighted by atomic mass is 15.2. The third-order valence-corrected chi connectivity index (χ3v) is 3.17. The van der Waals surface area contributed by atoms with Crippen molar-refractivity contribution in [2.45, 2.75) is 12.0 Å². The molecule has 0 aromatic carbocycles. The summed E-state index contributed by atoms with van der Waals surface area (Å²) < 4.78 is 0. The minimum atomic E-state index is 0.332. The Kier molecular flexibility index (Phi) is 1.35. The Morgan fingerprint density at radius 1 is 1.54 bits per heavy atom. The molecule has 1 aromatic rings. The van der Waals surface area contributed by atoms with Crippen LogP contribution in [-0.4, -0.2) is 41.8 Å². The number of likely N-dealkylation sites (tertiary alicyclic amines) is 1. The van der Waals surface area contributed by atoms with Crippen molar-refractivity contribution in [3.63, 3.8) is 0 Å². The normalized spacial score (nSPS) is 25.6. The second kappa shape index (κ2) is 2.33. The van der Waals surface area contributed by atoms with E-state index in [1.54, 1.807) is 0 Å². The number of rotatable bonds is 0. The van der Waals surface area contributed by atoms with Crippen molar-refractivity contribution < 1.29 is 0 Å². The zero-order chi connectivity index (χ0) is 8.89. The van der Waals surface area contributed by atoms with Crippen LogP contribution in [0.15, 0.2) is 6.20 Å². The van der Waals surface area contributed by atoms with E-state index < -0.39 is 0 Å². The summed E-state index contributed by atoms with van der Waals surface area (Å²) in [7, 11) is 2.16. The van der Waals surface area contributed by atoms with Crippen molar-refractivity contribution >= 4 is 0 Å². The molecule has 1 fully saturated rings. The Bertz CT molecular complexity index is 324. The Morgan fingerprint density at radius 2 is 2.38 bits per heavy atom. The van der Waals surface area contributed by atoms with Gasteiger partial charge in [0.25, 0.3) is 0 Å². The van der Waals surface area contributed by atoms with Crippen LogP contribution < -0.4 is 5.32 Å². The summed E-state index contributed by atoms with van der Waals surface area (Å²) in [4.78, 5) is 2.34. The van der Waals surface area contributed by atoms with Gasteiger partial charge in [0.05, 0.1) is 11.6 Å². The standard InChI is InChI=1S/C9H14N4/c1-13-5-9(6-13)4-10-2-7-3-11-12-8(7)9/h3,10H,2,4-6H2,1H3,(H,11,12). The van der Waals surface area contributed by atoms with E-state index in [0.29, 0.717) is 5.41 Å². The van der Waals surface area contributed by atoms with Crippen molar-refractivity contribution in [2.24, 2.45) is 0 Å². The third-order valence-electron chi connectivity index (χ3n) is 3.17. The van der Waals surface area contributed by atoms with Crippen LogP contribution in [0.2, 0.25) is 0 Å². The number of likely N-dealkylation sites (N-methyl/N-ethyl adjacent to an activating group) is 1. The average Bonchev–Trinajstić information content (AvgIpc) is 2.50. The summed E-state index contributed by atoms with van der Waals surface area (Å²) in [5.41, 5.74) is 3.04. The Labute approximate surface area is 77.3 Å². The molecule has 0 atom stereocenters. The van der Waals surface area contributed by atoms with E-state index >= 15 is 0 Å². The highest BCUT2D eigenvalue weighted by Gasteiger charge is 2.46. The van der Waals surface area contributed by atoms with E-state index in [0.717, 1.165) is 26.2 Å². The molecule has 4 heteroatoms. The maximum Gasteiger partial charge on any atom is 0.0535 e. The third kappa shape index (κ3) is 0.899. The first-order valence-electron chi connectivity index (χ1n) is 4.72. The van der Waals surface area contributed by atoms with Crippen molar-refractivity contribution in [2.75, 3.05) is 26.7 Å². The lowest BCUT2D eigenvalue weighted by Crippen LogP contribution is -2.63. The zero-order valence-electron chi connectivity index (χ0n) is 7.80. The Morgan fingerprint density at radius 3 is 3.15 bits per heavy atom. The predicted molar refractivity (Wildman–Crippen MR) is 49.5 cm³/mol. The van der Waals surface area contributed by atoms with Gasteiger partial charge in [0, 0.05) is 37.4 Å². The zero-order valence-corrected chi connectivity index (χ0v) is 7.80. The maximum atomic E-state index is 4.12. The molecule has 4 nitrogen and oxygen atoms in total. The quantitative estimate of drug-likeness (QED) is 0.573. The van der Waals surface area contributed by atoms with Crippen LogP contribution >= 0.6 is 0 Å². The molecular formula is C9H14N4. The molecule has 0 unspecified atom stereocenters. The maximum absolute atomic E-state index is 4.12. The molecule has 3 rings (SSSR count). The largest absolute Gasteiger partial charge is 0.312 e. The molecule has 70 valence electrons. The smallest absolute Gasteiger partial charge is 0.0535 e. The van der Waals surface area contributed by atoms with Crippen LogP contribution in [0.25, 0.3) is 0 Å². The lowest BCUT2D eigenvalue weighted by molar-refractivity contribution is 0.0820. The number of H-pyrrole nitrogens is 1. The van der Waals surface area contributed by atoms with E-state index in [9.17, 15) is 0 Å². The number of hydrogen-bond donors (Lipinski definition) is 2. The number of aromatic nitrogens is 2. The molecule has 0 radical (unpaired) electrons. The van der Waals surface area contributed by atoms with Crippen LogP contribution in [0.5, 0.6) is 0 Å². The van der Waals surface area contributed by atoms with E-state index in [-0.39, 0.29) is 0 Å². The van der Waals surface area contributed by atoms with Gasteiger partial charge in [0.1, 0.15) is 0 Å². The molecular weight excluding hydrogens is 164 g/mol. The van der Waals surface area contributed by atoms with Crippen LogP contribution in [0.4, 0.5) is 0 Å². The second-order valence-corrected chi connectivity index (χ2v) is 4.33. The first kappa shape index (κ1) is 7.53. The summed E-state index contributed by atoms with van der Waals surface area (Å²) in [6.45, 7) is 4.36. The van der Waals surface area contributed by atoms with Gasteiger partial charge >= 0.3 is 0 Å². The fourth-order valence-corrected chi connectivity index (χ4v) is 2.69. The minimum absolute atomic E-state index is 0.332. The highest BCUT2D eigenvalue weighted by Crippen LogP contribution is 2.35. The van der Waals surface area contributed by atoms with Gasteiger partial charge in [0.2, 0.25) is 0 Å². The monoisotopic (exact) mass is 178 g/mol. The molecule has 0 saturated carbocycles. The summed E-state index contributed by atoms with van der Waals surface area (Å²) in [6, 6.07) is 0. The van der Waals surface area contributed by atoms with Crippen molar-refractivity contribution in [3.05, 3.63) is 17.5 Å². The first-order valence-corrected chi connectivity index (χ1v) is 4.72. The van der Waals surface area contributed by atoms with E-state index in [2.05, 4.69) is 27.5 Å². The molecule has 0 bridgehead atoms. The Hall–Kier alpha value is -0.870. The van der Waals surface area contributed by atoms with Crippen LogP contribution in [0.1, 0.15) is 11.3 Å². The predicted octanol–water partition coefficient (Wildman–Crippen LogP) is -0.304. The molecule has 1 spiro atoms. The molecule has 2 N–H and O–H groups in total. The van der Waals surface area contributed by atoms with Gasteiger partial charge < -0.3 is 10.2 Å². The van der Waals surface area contributed by atoms with Gasteiger partial charge in [-0.05, 0) is 7.05 Å². The lowest BCUT2D eigenvalue weighted by atomic mass is 9.74. The number of nitrogens with one attached hydrogen (secondary N) is 2. The van der Waals surface area contributed by atoms with Crippen LogP contribution in [0, 0.1) is 0 Å². The highest BCUT2D eigenvalue weighted by molar-refractivity contribution is 5.33. The number of aromatic amines is 1. The molecule has 1 aromatic heterocycles. The van der Waals surface area contributed by atoms with Crippen molar-refractivity contribution in [1.29, 1.82) is 0 Å².